The lowest BCUT2D eigenvalue weighted by molar-refractivity contribution is -0.156. The molecule has 71 heavy (non-hydrogen) atoms. The third-order valence-corrected chi connectivity index (χ3v) is 13.3. The molecule has 20 heteroatoms. The summed E-state index contributed by atoms with van der Waals surface area (Å²) < 4.78 is 11.0. The second-order valence-corrected chi connectivity index (χ2v) is 18.1. The second kappa shape index (κ2) is 21.8. The van der Waals surface area contributed by atoms with Crippen LogP contribution in [0, 0.1) is 6.92 Å². The maximum Gasteiger partial charge on any atom is 0.339 e. The van der Waals surface area contributed by atoms with E-state index < -0.39 is 101 Å². The number of benzene rings is 2. The van der Waals surface area contributed by atoms with Gasteiger partial charge in [0.15, 0.2) is 11.7 Å². The predicted molar refractivity (Wildman–Crippen MR) is 256 cm³/mol. The van der Waals surface area contributed by atoms with Crippen molar-refractivity contribution in [1.82, 2.24) is 40.6 Å². The minimum Gasteiger partial charge on any atom is -0.505 e. The normalized spacial score (nSPS) is 23.4. The molecule has 0 spiro atoms. The number of pyridine rings is 2. The van der Waals surface area contributed by atoms with E-state index in [2.05, 4.69) is 20.9 Å². The molecule has 0 radical (unpaired) electrons. The number of hydrogen-bond donors (Lipinski definition) is 4. The van der Waals surface area contributed by atoms with Crippen molar-refractivity contribution in [3.8, 4) is 5.75 Å². The van der Waals surface area contributed by atoms with Crippen LogP contribution < -0.4 is 20.9 Å². The van der Waals surface area contributed by atoms with E-state index in [1.54, 1.807) is 50.2 Å². The highest BCUT2D eigenvalue weighted by molar-refractivity contribution is 6.00. The highest BCUT2D eigenvalue weighted by atomic mass is 16.5. The van der Waals surface area contributed by atoms with Gasteiger partial charge in [0.25, 0.3) is 5.91 Å². The summed E-state index contributed by atoms with van der Waals surface area (Å²) in [5.41, 5.74) is 2.73. The number of aromatic hydroxyl groups is 1. The van der Waals surface area contributed by atoms with E-state index >= 15 is 9.59 Å². The largest absolute Gasteiger partial charge is 0.505 e. The molecule has 2 aromatic carbocycles. The molecule has 0 bridgehead atoms. The Balaban J connectivity index is 1.36. The number of esters is 2. The van der Waals surface area contributed by atoms with Crippen LogP contribution in [0.2, 0.25) is 0 Å². The Bertz CT molecular complexity index is 2700. The summed E-state index contributed by atoms with van der Waals surface area (Å²) >= 11 is 0. The number of carbonyl (C=O) groups excluding carboxylic acids is 8. The lowest BCUT2D eigenvalue weighted by Gasteiger charge is -2.41. The zero-order valence-electron chi connectivity index (χ0n) is 40.7. The van der Waals surface area contributed by atoms with E-state index in [4.69, 9.17) is 14.5 Å². The van der Waals surface area contributed by atoms with Gasteiger partial charge in [0.2, 0.25) is 29.5 Å². The van der Waals surface area contributed by atoms with Crippen molar-refractivity contribution in [2.45, 2.75) is 102 Å². The molecule has 3 aliphatic rings. The SMILES string of the molecule is CC[C@H]1NC(=O)[C@@H](NC(=O)c2ncccc2O)[C@@H](C)OC(=O)[C@H](c2ccccc2)NC(=O)[C@@H]2Cc3nc(C)c(C(=O)OC)cc3CN2C(=O)[C@H](Cc2ccc(N(C)C)cc2)N(C)C(=O)[C@@H]2CCCN2C1=O. The average Bonchev–Trinajstić information content (AvgIpc) is 3.86. The first kappa shape index (κ1) is 51.0. The van der Waals surface area contributed by atoms with Gasteiger partial charge in [-0.25, -0.2) is 14.6 Å². The first-order chi connectivity index (χ1) is 33.9. The third-order valence-electron chi connectivity index (χ3n) is 13.3. The number of aryl methyl sites for hydroxylation is 1. The van der Waals surface area contributed by atoms with Crippen LogP contribution in [-0.4, -0.2) is 148 Å². The molecule has 0 unspecified atom stereocenters. The number of nitrogens with one attached hydrogen (secondary N) is 3. The molecule has 7 atom stereocenters. The Morgan fingerprint density at radius 3 is 2.30 bits per heavy atom. The molecule has 2 fully saturated rings. The van der Waals surface area contributed by atoms with E-state index in [1.807, 2.05) is 43.3 Å². The van der Waals surface area contributed by atoms with Gasteiger partial charge in [-0.3, -0.25) is 33.8 Å². The second-order valence-electron chi connectivity index (χ2n) is 18.1. The molecule has 3 aliphatic heterocycles. The Morgan fingerprint density at radius 1 is 0.915 bits per heavy atom. The van der Waals surface area contributed by atoms with Gasteiger partial charge in [-0.15, -0.1) is 0 Å². The van der Waals surface area contributed by atoms with Crippen molar-refractivity contribution in [2.75, 3.05) is 39.7 Å². The van der Waals surface area contributed by atoms with Gasteiger partial charge in [0.05, 0.1) is 18.4 Å². The molecule has 0 saturated carbocycles. The van der Waals surface area contributed by atoms with Crippen LogP contribution in [0.5, 0.6) is 5.75 Å². The number of hydrogen-bond acceptors (Lipinski definition) is 14. The molecule has 4 N–H and O–H groups in total. The summed E-state index contributed by atoms with van der Waals surface area (Å²) in [4.78, 5) is 130. The van der Waals surface area contributed by atoms with Crippen LogP contribution in [0.3, 0.4) is 0 Å². The van der Waals surface area contributed by atoms with E-state index in [-0.39, 0.29) is 49.9 Å². The van der Waals surface area contributed by atoms with Crippen molar-refractivity contribution >= 4 is 53.1 Å². The monoisotopic (exact) mass is 973 g/mol. The summed E-state index contributed by atoms with van der Waals surface area (Å²) in [5, 5.41) is 18.5. The predicted octanol–water partition coefficient (Wildman–Crippen LogP) is 2.15. The first-order valence-corrected chi connectivity index (χ1v) is 23.4. The van der Waals surface area contributed by atoms with Crippen LogP contribution in [0.1, 0.15) is 88.1 Å². The quantitative estimate of drug-likeness (QED) is 0.185. The summed E-state index contributed by atoms with van der Waals surface area (Å²) in [5.74, 6) is -6.74. The Labute approximate surface area is 411 Å². The lowest BCUT2D eigenvalue weighted by Crippen LogP contribution is -2.61. The van der Waals surface area contributed by atoms with Crippen molar-refractivity contribution in [3.05, 3.63) is 118 Å². The topological polar surface area (TPSA) is 250 Å². The molecule has 20 nitrogen and oxygen atoms in total. The van der Waals surface area contributed by atoms with E-state index in [9.17, 15) is 33.9 Å². The molecule has 2 aromatic heterocycles. The van der Waals surface area contributed by atoms with Crippen LogP contribution in [0.25, 0.3) is 0 Å². The number of anilines is 1. The number of amides is 6. The van der Waals surface area contributed by atoms with Gasteiger partial charge in [-0.1, -0.05) is 49.4 Å². The average molecular weight is 974 g/mol. The molecule has 5 heterocycles. The van der Waals surface area contributed by atoms with Crippen molar-refractivity contribution in [2.24, 2.45) is 0 Å². The van der Waals surface area contributed by atoms with Crippen molar-refractivity contribution in [3.63, 3.8) is 0 Å². The summed E-state index contributed by atoms with van der Waals surface area (Å²) in [6.45, 7) is 4.51. The first-order valence-electron chi connectivity index (χ1n) is 23.4. The maximum absolute atomic E-state index is 15.6. The Kier molecular flexibility index (Phi) is 15.7. The summed E-state index contributed by atoms with van der Waals surface area (Å²) in [6, 6.07) is 11.6. The number of ether oxygens (including phenoxy) is 2. The Morgan fingerprint density at radius 2 is 1.63 bits per heavy atom. The van der Waals surface area contributed by atoms with Crippen LogP contribution >= 0.6 is 0 Å². The highest BCUT2D eigenvalue weighted by Crippen LogP contribution is 2.30. The van der Waals surface area contributed by atoms with Crippen molar-refractivity contribution in [1.29, 1.82) is 0 Å². The number of aromatic nitrogens is 2. The number of rotatable bonds is 8. The van der Waals surface area contributed by atoms with Gasteiger partial charge < -0.3 is 50.1 Å². The van der Waals surface area contributed by atoms with E-state index in [1.165, 1.54) is 54.1 Å². The minimum absolute atomic E-state index is 0.0133. The van der Waals surface area contributed by atoms with Crippen LogP contribution in [0.15, 0.2) is 79.0 Å². The number of likely N-dealkylation sites (N-methyl/N-ethyl adjacent to an activating group) is 1. The fourth-order valence-corrected chi connectivity index (χ4v) is 9.25. The molecule has 4 aromatic rings. The summed E-state index contributed by atoms with van der Waals surface area (Å²) in [7, 11) is 6.49. The number of carbonyl (C=O) groups is 8. The van der Waals surface area contributed by atoms with E-state index in [0.717, 1.165) is 5.69 Å². The molecule has 0 aliphatic carbocycles. The zero-order chi connectivity index (χ0) is 51.3. The van der Waals surface area contributed by atoms with Crippen LogP contribution in [0.4, 0.5) is 5.69 Å². The molecule has 7 rings (SSSR count). The highest BCUT2D eigenvalue weighted by Gasteiger charge is 2.46. The van der Waals surface area contributed by atoms with Crippen LogP contribution in [-0.2, 0) is 57.6 Å². The van der Waals surface area contributed by atoms with E-state index in [0.29, 0.717) is 28.9 Å². The van der Waals surface area contributed by atoms with Crippen molar-refractivity contribution < 1.29 is 52.9 Å². The number of cyclic esters (lactones) is 1. The smallest absolute Gasteiger partial charge is 0.339 e. The Hall–Kier alpha value is -7.90. The fraction of sp³-hybridized carbons (Fsp3) is 0.412. The molecule has 6 amide bonds. The number of nitrogens with zero attached hydrogens (tertiary/aromatic N) is 6. The minimum atomic E-state index is -1.70. The number of fused-ring (bicyclic) bond motifs is 3. The van der Waals surface area contributed by atoms with Gasteiger partial charge in [0.1, 0.15) is 42.1 Å². The molecular formula is C51H59N9O11. The van der Waals surface area contributed by atoms with Gasteiger partial charge in [-0.2, -0.15) is 0 Å². The fourth-order valence-electron chi connectivity index (χ4n) is 9.25. The molecule has 374 valence electrons. The lowest BCUT2D eigenvalue weighted by atomic mass is 9.93. The van der Waals surface area contributed by atoms with Gasteiger partial charge >= 0.3 is 11.9 Å². The maximum atomic E-state index is 15.6. The van der Waals surface area contributed by atoms with Gasteiger partial charge in [-0.05, 0) is 80.1 Å². The zero-order valence-corrected chi connectivity index (χ0v) is 40.7. The molecule has 2 saturated heterocycles. The van der Waals surface area contributed by atoms with Gasteiger partial charge in [0, 0.05) is 64.7 Å². The molecular weight excluding hydrogens is 915 g/mol. The summed E-state index contributed by atoms with van der Waals surface area (Å²) in [6.07, 6.45) is 0.281. The number of methoxy groups -OCH3 is 1. The third kappa shape index (κ3) is 11.0. The standard InChI is InChI=1S/C51H59N9O11/c1-8-35-47(65)59-23-13-16-37(59)48(66)58(6)39(24-30-18-20-33(21-19-30)57(4)5)49(67)60-27-32-25-34(50(68)70-7)28(2)53-36(32)26-38(60)44(62)56-42(31-14-10-9-11-15-31)51(69)71-29(3)41(45(63)54-35)55-46(64)43-40(61)17-12-22-52-43/h9-12,14-15,17-22,25,29,35,37-39,41-42,61H,8,13,16,23-24,26-27H2,1-7H3,(H,54,63)(H,55,64)(H,56,62)/t29-,35-,37+,38+,39+,41+,42+/m1/s1.